The monoisotopic (exact) mass is 387 g/mol. The Labute approximate surface area is 169 Å². The third-order valence-corrected chi connectivity index (χ3v) is 4.32. The van der Waals surface area contributed by atoms with Gasteiger partial charge in [-0.15, -0.1) is 0 Å². The van der Waals surface area contributed by atoms with E-state index in [9.17, 15) is 14.4 Å². The lowest BCUT2D eigenvalue weighted by Crippen LogP contribution is -2.26. The molecule has 0 aliphatic heterocycles. The summed E-state index contributed by atoms with van der Waals surface area (Å²) in [6.07, 6.45) is 2.14. The van der Waals surface area contributed by atoms with E-state index < -0.39 is 5.91 Å². The van der Waals surface area contributed by atoms with E-state index in [1.165, 1.54) is 19.2 Å². The minimum atomic E-state index is -0.454. The number of anilines is 1. The number of benzene rings is 2. The molecule has 0 atom stereocenters. The highest BCUT2D eigenvalue weighted by Gasteiger charge is 2.12. The average Bonchev–Trinajstić information content (AvgIpc) is 2.74. The number of amides is 2. The normalized spacial score (nSPS) is 10.2. The summed E-state index contributed by atoms with van der Waals surface area (Å²) in [5.41, 5.74) is 2.60. The minimum Gasteiger partial charge on any atom is -0.352 e. The van der Waals surface area contributed by atoms with Crippen LogP contribution in [0.3, 0.4) is 0 Å². The first-order valence-electron chi connectivity index (χ1n) is 9.23. The van der Waals surface area contributed by atoms with Gasteiger partial charge < -0.3 is 10.6 Å². The van der Waals surface area contributed by atoms with Crippen molar-refractivity contribution in [3.8, 4) is 0 Å². The second kappa shape index (κ2) is 9.41. The van der Waals surface area contributed by atoms with E-state index in [1.807, 2.05) is 30.3 Å². The summed E-state index contributed by atoms with van der Waals surface area (Å²) in [4.78, 5) is 40.4. The van der Waals surface area contributed by atoms with E-state index >= 15 is 0 Å². The fourth-order valence-corrected chi connectivity index (χ4v) is 2.77. The largest absolute Gasteiger partial charge is 0.352 e. The maximum atomic E-state index is 12.5. The van der Waals surface area contributed by atoms with E-state index in [-0.39, 0.29) is 17.4 Å². The summed E-state index contributed by atoms with van der Waals surface area (Å²) in [5.74, 6) is -0.811. The molecular formula is C23H21N3O3. The lowest BCUT2D eigenvalue weighted by molar-refractivity contribution is 0.0953. The number of carbonyl (C=O) groups is 3. The van der Waals surface area contributed by atoms with Crippen LogP contribution >= 0.6 is 0 Å². The number of nitrogens with zero attached hydrogens (tertiary/aromatic N) is 1. The number of carbonyl (C=O) groups excluding carboxylic acids is 3. The van der Waals surface area contributed by atoms with Gasteiger partial charge in [0.25, 0.3) is 11.8 Å². The average molecular weight is 387 g/mol. The number of hydrogen-bond donors (Lipinski definition) is 2. The summed E-state index contributed by atoms with van der Waals surface area (Å²) < 4.78 is 0. The van der Waals surface area contributed by atoms with Gasteiger partial charge >= 0.3 is 0 Å². The minimum absolute atomic E-state index is 0.0894. The molecule has 6 nitrogen and oxygen atoms in total. The molecule has 2 N–H and O–H groups in total. The summed E-state index contributed by atoms with van der Waals surface area (Å²) in [5, 5.41) is 5.55. The topological polar surface area (TPSA) is 88.2 Å². The number of aromatic nitrogens is 1. The third kappa shape index (κ3) is 5.59. The van der Waals surface area contributed by atoms with Crippen molar-refractivity contribution in [1.82, 2.24) is 10.3 Å². The molecule has 0 saturated carbocycles. The Balaban J connectivity index is 1.62. The van der Waals surface area contributed by atoms with Crippen molar-refractivity contribution in [2.24, 2.45) is 0 Å². The first-order chi connectivity index (χ1) is 14.0. The van der Waals surface area contributed by atoms with Crippen LogP contribution in [0.25, 0.3) is 0 Å². The zero-order chi connectivity index (χ0) is 20.6. The Morgan fingerprint density at radius 1 is 0.862 bits per heavy atom. The lowest BCUT2D eigenvalue weighted by atomic mass is 10.1. The molecule has 6 heteroatoms. The van der Waals surface area contributed by atoms with Gasteiger partial charge in [0.05, 0.1) is 0 Å². The van der Waals surface area contributed by atoms with Gasteiger partial charge in [0.15, 0.2) is 5.78 Å². The Hall–Kier alpha value is -3.80. The Morgan fingerprint density at radius 3 is 2.41 bits per heavy atom. The third-order valence-electron chi connectivity index (χ3n) is 4.32. The summed E-state index contributed by atoms with van der Waals surface area (Å²) in [6, 6.07) is 19.5. The zero-order valence-electron chi connectivity index (χ0n) is 16.0. The molecule has 0 saturated heterocycles. The molecule has 29 heavy (non-hydrogen) atoms. The molecular weight excluding hydrogens is 366 g/mol. The maximum absolute atomic E-state index is 12.5. The van der Waals surface area contributed by atoms with E-state index in [4.69, 9.17) is 0 Å². The molecule has 0 spiro atoms. The van der Waals surface area contributed by atoms with Crippen LogP contribution in [0.2, 0.25) is 0 Å². The number of rotatable bonds is 7. The quantitative estimate of drug-likeness (QED) is 0.607. The Bertz CT molecular complexity index is 1030. The van der Waals surface area contributed by atoms with Crippen molar-refractivity contribution in [3.05, 3.63) is 95.3 Å². The first-order valence-corrected chi connectivity index (χ1v) is 9.23. The van der Waals surface area contributed by atoms with Crippen LogP contribution in [0.1, 0.15) is 43.7 Å². The molecule has 0 fully saturated rings. The number of hydrogen-bond acceptors (Lipinski definition) is 4. The number of ketones is 1. The predicted molar refractivity (Wildman–Crippen MR) is 111 cm³/mol. The lowest BCUT2D eigenvalue weighted by Gasteiger charge is -2.08. The van der Waals surface area contributed by atoms with Gasteiger partial charge in [0, 0.05) is 29.6 Å². The molecule has 1 heterocycles. The number of nitrogens with one attached hydrogen (secondary N) is 2. The fraction of sp³-hybridized carbons (Fsp3) is 0.130. The van der Waals surface area contributed by atoms with Gasteiger partial charge in [-0.05, 0) is 43.2 Å². The second-order valence-corrected chi connectivity index (χ2v) is 6.51. The van der Waals surface area contributed by atoms with E-state index in [2.05, 4.69) is 15.6 Å². The molecule has 0 aliphatic carbocycles. The summed E-state index contributed by atoms with van der Waals surface area (Å²) >= 11 is 0. The SMILES string of the molecule is CC(=O)c1cccc(NC(=O)c2cc(C(=O)NCCc3ccccc3)ccn2)c1. The van der Waals surface area contributed by atoms with E-state index in [0.29, 0.717) is 23.4 Å². The van der Waals surface area contributed by atoms with Crippen molar-refractivity contribution in [1.29, 1.82) is 0 Å². The standard InChI is InChI=1S/C23H21N3O3/c1-16(27)18-8-5-9-20(14-18)26-23(29)21-15-19(11-13-24-21)22(28)25-12-10-17-6-3-2-4-7-17/h2-9,11,13-15H,10,12H2,1H3,(H,25,28)(H,26,29). The zero-order valence-corrected chi connectivity index (χ0v) is 16.0. The molecule has 2 aromatic carbocycles. The van der Waals surface area contributed by atoms with Crippen LogP contribution in [0.15, 0.2) is 72.9 Å². The second-order valence-electron chi connectivity index (χ2n) is 6.51. The van der Waals surface area contributed by atoms with Gasteiger partial charge in [-0.3, -0.25) is 19.4 Å². The van der Waals surface area contributed by atoms with Crippen LogP contribution < -0.4 is 10.6 Å². The molecule has 0 unspecified atom stereocenters. The van der Waals surface area contributed by atoms with Crippen LogP contribution in [0.4, 0.5) is 5.69 Å². The molecule has 1 aromatic heterocycles. The molecule has 3 rings (SSSR count). The van der Waals surface area contributed by atoms with Crippen LogP contribution in [-0.4, -0.2) is 29.1 Å². The molecule has 0 aliphatic rings. The fourth-order valence-electron chi connectivity index (χ4n) is 2.77. The molecule has 2 amide bonds. The summed E-state index contributed by atoms with van der Waals surface area (Å²) in [6.45, 7) is 1.95. The van der Waals surface area contributed by atoms with E-state index in [0.717, 1.165) is 12.0 Å². The highest BCUT2D eigenvalue weighted by Crippen LogP contribution is 2.13. The van der Waals surface area contributed by atoms with Crippen molar-refractivity contribution in [2.45, 2.75) is 13.3 Å². The van der Waals surface area contributed by atoms with Crippen LogP contribution in [0.5, 0.6) is 0 Å². The maximum Gasteiger partial charge on any atom is 0.274 e. The van der Waals surface area contributed by atoms with Gasteiger partial charge in [0.2, 0.25) is 0 Å². The number of Topliss-reactive ketones (excluding diaryl/α,β-unsaturated/α-hetero) is 1. The molecule has 0 bridgehead atoms. The predicted octanol–water partition coefficient (Wildman–Crippen LogP) is 3.51. The molecule has 146 valence electrons. The van der Waals surface area contributed by atoms with Gasteiger partial charge in [-0.25, -0.2) is 0 Å². The molecule has 0 radical (unpaired) electrons. The van der Waals surface area contributed by atoms with Crippen molar-refractivity contribution in [3.63, 3.8) is 0 Å². The van der Waals surface area contributed by atoms with Gasteiger partial charge in [-0.2, -0.15) is 0 Å². The van der Waals surface area contributed by atoms with Gasteiger partial charge in [0.1, 0.15) is 5.69 Å². The van der Waals surface area contributed by atoms with Crippen LogP contribution in [-0.2, 0) is 6.42 Å². The highest BCUT2D eigenvalue weighted by atomic mass is 16.2. The van der Waals surface area contributed by atoms with E-state index in [1.54, 1.807) is 30.3 Å². The van der Waals surface area contributed by atoms with Gasteiger partial charge in [-0.1, -0.05) is 42.5 Å². The Kier molecular flexibility index (Phi) is 6.47. The van der Waals surface area contributed by atoms with Crippen molar-refractivity contribution in [2.75, 3.05) is 11.9 Å². The first kappa shape index (κ1) is 19.9. The van der Waals surface area contributed by atoms with Crippen LogP contribution in [0, 0.1) is 0 Å². The highest BCUT2D eigenvalue weighted by molar-refractivity contribution is 6.05. The van der Waals surface area contributed by atoms with Crippen molar-refractivity contribution >= 4 is 23.3 Å². The smallest absolute Gasteiger partial charge is 0.274 e. The summed E-state index contributed by atoms with van der Waals surface area (Å²) in [7, 11) is 0. The number of pyridine rings is 1. The molecule has 3 aromatic rings. The Morgan fingerprint density at radius 2 is 1.66 bits per heavy atom. The van der Waals surface area contributed by atoms with Crippen molar-refractivity contribution < 1.29 is 14.4 Å².